The minimum atomic E-state index is -0.0927. The predicted molar refractivity (Wildman–Crippen MR) is 123 cm³/mol. The van der Waals surface area contributed by atoms with Crippen LogP contribution in [-0.2, 0) is 17.8 Å². The van der Waals surface area contributed by atoms with E-state index in [0.717, 1.165) is 39.8 Å². The van der Waals surface area contributed by atoms with Gasteiger partial charge in [-0.05, 0) is 46.9 Å². The van der Waals surface area contributed by atoms with Gasteiger partial charge in [0.05, 0.1) is 7.11 Å². The van der Waals surface area contributed by atoms with Gasteiger partial charge in [0.2, 0.25) is 5.91 Å². The molecule has 0 spiro atoms. The van der Waals surface area contributed by atoms with E-state index < -0.39 is 0 Å². The largest absolute Gasteiger partial charge is 0.497 e. The maximum absolute atomic E-state index is 12.9. The molecule has 1 amide bonds. The molecule has 0 radical (unpaired) electrons. The number of ether oxygens (including phenoxy) is 1. The van der Waals surface area contributed by atoms with Crippen LogP contribution in [-0.4, -0.2) is 23.0 Å². The molecule has 158 valence electrons. The summed E-state index contributed by atoms with van der Waals surface area (Å²) in [6, 6.07) is 18.2. The minimum absolute atomic E-state index is 0.00216. The van der Waals surface area contributed by atoms with Gasteiger partial charge in [0, 0.05) is 48.4 Å². The Balaban J connectivity index is 1.66. The van der Waals surface area contributed by atoms with E-state index >= 15 is 0 Å². The molecule has 31 heavy (non-hydrogen) atoms. The summed E-state index contributed by atoms with van der Waals surface area (Å²) in [5.74, 6) is 0.690. The van der Waals surface area contributed by atoms with E-state index in [2.05, 4.69) is 46.5 Å². The second kappa shape index (κ2) is 9.47. The van der Waals surface area contributed by atoms with Crippen LogP contribution in [0.25, 0.3) is 10.9 Å². The third-order valence-electron chi connectivity index (χ3n) is 5.69. The summed E-state index contributed by atoms with van der Waals surface area (Å²) in [7, 11) is 1.66. The van der Waals surface area contributed by atoms with Crippen molar-refractivity contribution in [1.29, 1.82) is 0 Å². The van der Waals surface area contributed by atoms with Crippen LogP contribution in [0.2, 0.25) is 0 Å². The first kappa shape index (κ1) is 20.7. The molecule has 2 aromatic carbocycles. The third kappa shape index (κ3) is 4.61. The lowest BCUT2D eigenvalue weighted by atomic mass is 9.87. The van der Waals surface area contributed by atoms with Crippen molar-refractivity contribution < 1.29 is 9.53 Å². The number of para-hydroxylation sites is 1. The number of amides is 1. The number of carbonyl (C=O) groups is 1. The van der Waals surface area contributed by atoms with Crippen molar-refractivity contribution in [2.24, 2.45) is 0 Å². The fourth-order valence-electron chi connectivity index (χ4n) is 4.05. The Morgan fingerprint density at radius 2 is 2.03 bits per heavy atom. The number of hydrogen-bond donors (Lipinski definition) is 2. The monoisotopic (exact) mass is 413 g/mol. The van der Waals surface area contributed by atoms with Crippen LogP contribution in [0.1, 0.15) is 41.5 Å². The van der Waals surface area contributed by atoms with E-state index in [1.165, 1.54) is 5.56 Å². The Morgan fingerprint density at radius 1 is 1.16 bits per heavy atom. The zero-order valence-corrected chi connectivity index (χ0v) is 17.9. The van der Waals surface area contributed by atoms with Crippen molar-refractivity contribution in [2.75, 3.05) is 7.11 Å². The SMILES string of the molecule is CCc1cccc2c([C@H](CC(=O)NCc3cccnc3)c3cccc(OC)c3)c[nH]c12. The molecule has 2 N–H and O–H groups in total. The fourth-order valence-corrected chi connectivity index (χ4v) is 4.05. The number of rotatable bonds is 8. The van der Waals surface area contributed by atoms with Gasteiger partial charge in [-0.2, -0.15) is 0 Å². The van der Waals surface area contributed by atoms with Crippen LogP contribution < -0.4 is 10.1 Å². The quantitative estimate of drug-likeness (QED) is 0.428. The number of hydrogen-bond acceptors (Lipinski definition) is 3. The summed E-state index contributed by atoms with van der Waals surface area (Å²) >= 11 is 0. The number of aryl methyl sites for hydroxylation is 1. The van der Waals surface area contributed by atoms with E-state index in [9.17, 15) is 4.79 Å². The molecule has 5 nitrogen and oxygen atoms in total. The maximum atomic E-state index is 12.9. The highest BCUT2D eigenvalue weighted by molar-refractivity contribution is 5.88. The standard InChI is InChI=1S/C26H27N3O2/c1-3-19-8-5-11-22-24(17-29-26(19)22)23(20-9-4-10-21(13-20)31-2)14-25(30)28-16-18-7-6-12-27-15-18/h4-13,15,17,23,29H,3,14,16H2,1-2H3,(H,28,30)/t23-/m1/s1. The zero-order chi connectivity index (χ0) is 21.6. The number of H-pyrrole nitrogens is 1. The lowest BCUT2D eigenvalue weighted by Gasteiger charge is -2.18. The van der Waals surface area contributed by atoms with Crippen molar-refractivity contribution in [1.82, 2.24) is 15.3 Å². The number of methoxy groups -OCH3 is 1. The lowest BCUT2D eigenvalue weighted by molar-refractivity contribution is -0.121. The Kier molecular flexibility index (Phi) is 6.32. The van der Waals surface area contributed by atoms with Crippen molar-refractivity contribution in [3.05, 3.63) is 95.4 Å². The van der Waals surface area contributed by atoms with Gasteiger partial charge in [-0.25, -0.2) is 0 Å². The van der Waals surface area contributed by atoms with Crippen LogP contribution in [0.4, 0.5) is 0 Å². The molecule has 4 rings (SSSR count). The van der Waals surface area contributed by atoms with Crippen molar-refractivity contribution in [2.45, 2.75) is 32.2 Å². The van der Waals surface area contributed by atoms with Crippen LogP contribution in [0, 0.1) is 0 Å². The Labute approximate surface area is 182 Å². The Bertz CT molecular complexity index is 1170. The number of nitrogens with one attached hydrogen (secondary N) is 2. The topological polar surface area (TPSA) is 67.0 Å². The van der Waals surface area contributed by atoms with Crippen LogP contribution in [0.3, 0.4) is 0 Å². The molecule has 0 unspecified atom stereocenters. The molecule has 0 saturated heterocycles. The normalized spacial score (nSPS) is 11.9. The molecule has 2 heterocycles. The van der Waals surface area contributed by atoms with Crippen molar-refractivity contribution in [3.8, 4) is 5.75 Å². The molecular weight excluding hydrogens is 386 g/mol. The second-order valence-corrected chi connectivity index (χ2v) is 7.61. The summed E-state index contributed by atoms with van der Waals surface area (Å²) in [4.78, 5) is 20.5. The van der Waals surface area contributed by atoms with Gasteiger partial charge in [-0.15, -0.1) is 0 Å². The summed E-state index contributed by atoms with van der Waals surface area (Å²) in [6.45, 7) is 2.62. The van der Waals surface area contributed by atoms with E-state index in [0.29, 0.717) is 13.0 Å². The molecule has 0 bridgehead atoms. The van der Waals surface area contributed by atoms with Gasteiger partial charge in [-0.1, -0.05) is 43.3 Å². The zero-order valence-electron chi connectivity index (χ0n) is 17.9. The number of benzene rings is 2. The molecule has 0 aliphatic rings. The summed E-state index contributed by atoms with van der Waals surface area (Å²) in [5.41, 5.74) is 5.57. The van der Waals surface area contributed by atoms with E-state index in [1.807, 2.05) is 36.5 Å². The first-order chi connectivity index (χ1) is 15.2. The van der Waals surface area contributed by atoms with Gasteiger partial charge in [0.1, 0.15) is 5.75 Å². The highest BCUT2D eigenvalue weighted by Gasteiger charge is 2.22. The van der Waals surface area contributed by atoms with Gasteiger partial charge in [0.25, 0.3) is 0 Å². The number of nitrogens with zero attached hydrogens (tertiary/aromatic N) is 1. The highest BCUT2D eigenvalue weighted by atomic mass is 16.5. The lowest BCUT2D eigenvalue weighted by Crippen LogP contribution is -2.25. The average Bonchev–Trinajstić information content (AvgIpc) is 3.26. The Hall–Kier alpha value is -3.60. The van der Waals surface area contributed by atoms with E-state index in [-0.39, 0.29) is 11.8 Å². The molecule has 1 atom stereocenters. The van der Waals surface area contributed by atoms with Crippen LogP contribution in [0.15, 0.2) is 73.2 Å². The van der Waals surface area contributed by atoms with E-state index in [1.54, 1.807) is 19.5 Å². The number of aromatic nitrogens is 2. The number of pyridine rings is 1. The number of fused-ring (bicyclic) bond motifs is 1. The molecule has 0 aliphatic heterocycles. The molecule has 4 aromatic rings. The van der Waals surface area contributed by atoms with E-state index in [4.69, 9.17) is 4.74 Å². The first-order valence-electron chi connectivity index (χ1n) is 10.6. The summed E-state index contributed by atoms with van der Waals surface area (Å²) in [5, 5.41) is 4.20. The molecular formula is C26H27N3O2. The summed E-state index contributed by atoms with van der Waals surface area (Å²) < 4.78 is 5.44. The van der Waals surface area contributed by atoms with Gasteiger partial charge in [-0.3, -0.25) is 9.78 Å². The third-order valence-corrected chi connectivity index (χ3v) is 5.69. The maximum Gasteiger partial charge on any atom is 0.221 e. The van der Waals surface area contributed by atoms with Gasteiger partial charge >= 0.3 is 0 Å². The smallest absolute Gasteiger partial charge is 0.221 e. The van der Waals surface area contributed by atoms with Crippen molar-refractivity contribution >= 4 is 16.8 Å². The molecule has 0 aliphatic carbocycles. The first-order valence-corrected chi connectivity index (χ1v) is 10.6. The minimum Gasteiger partial charge on any atom is -0.497 e. The van der Waals surface area contributed by atoms with Gasteiger partial charge in [0.15, 0.2) is 0 Å². The predicted octanol–water partition coefficient (Wildman–Crippen LogP) is 4.97. The highest BCUT2D eigenvalue weighted by Crippen LogP contribution is 2.35. The average molecular weight is 414 g/mol. The van der Waals surface area contributed by atoms with Crippen molar-refractivity contribution in [3.63, 3.8) is 0 Å². The van der Waals surface area contributed by atoms with Crippen LogP contribution in [0.5, 0.6) is 5.75 Å². The molecule has 0 fully saturated rings. The molecule has 5 heteroatoms. The number of carbonyl (C=O) groups excluding carboxylic acids is 1. The molecule has 0 saturated carbocycles. The summed E-state index contributed by atoms with van der Waals surface area (Å²) in [6.07, 6.45) is 6.84. The fraction of sp³-hybridized carbons (Fsp3) is 0.231. The second-order valence-electron chi connectivity index (χ2n) is 7.61. The Morgan fingerprint density at radius 3 is 2.81 bits per heavy atom. The number of aromatic amines is 1. The molecule has 2 aromatic heterocycles. The van der Waals surface area contributed by atoms with Gasteiger partial charge < -0.3 is 15.0 Å². The van der Waals surface area contributed by atoms with Crippen LogP contribution >= 0.6 is 0 Å².